The molecule has 2 rings (SSSR count). The standard InChI is InChI=1S/C17H31N5S/c1-6-14-8-19-16(23-14)9-20-17(18-7-2)21-15-11-22(12(3)4)10-13(15)5/h8,12-13,15H,6-7,9-11H2,1-5H3,(H2,18,20,21). The normalized spacial score (nSPS) is 22.8. The van der Waals surface area contributed by atoms with Crippen molar-refractivity contribution >= 4 is 17.3 Å². The van der Waals surface area contributed by atoms with Gasteiger partial charge in [0.25, 0.3) is 0 Å². The van der Waals surface area contributed by atoms with Crippen LogP contribution in [0.25, 0.3) is 0 Å². The molecule has 1 aromatic heterocycles. The van der Waals surface area contributed by atoms with Crippen LogP contribution in [0.4, 0.5) is 0 Å². The molecule has 0 amide bonds. The van der Waals surface area contributed by atoms with Crippen molar-refractivity contribution in [2.45, 2.75) is 59.7 Å². The molecule has 5 nitrogen and oxygen atoms in total. The third kappa shape index (κ3) is 5.18. The molecule has 1 saturated heterocycles. The number of hydrogen-bond donors (Lipinski definition) is 2. The fraction of sp³-hybridized carbons (Fsp3) is 0.765. The number of nitrogens with one attached hydrogen (secondary N) is 2. The molecule has 0 saturated carbocycles. The fourth-order valence-electron chi connectivity index (χ4n) is 2.84. The van der Waals surface area contributed by atoms with Gasteiger partial charge in [-0.05, 0) is 33.1 Å². The highest BCUT2D eigenvalue weighted by Crippen LogP contribution is 2.19. The molecule has 0 aromatic carbocycles. The summed E-state index contributed by atoms with van der Waals surface area (Å²) >= 11 is 1.76. The van der Waals surface area contributed by atoms with Gasteiger partial charge in [-0.2, -0.15) is 0 Å². The molecule has 0 spiro atoms. The number of guanidine groups is 1. The zero-order valence-corrected chi connectivity index (χ0v) is 15.9. The third-order valence-corrected chi connectivity index (χ3v) is 5.49. The summed E-state index contributed by atoms with van der Waals surface area (Å²) in [5.74, 6) is 1.54. The van der Waals surface area contributed by atoms with Crippen LogP contribution in [-0.2, 0) is 13.0 Å². The summed E-state index contributed by atoms with van der Waals surface area (Å²) in [4.78, 5) is 13.0. The monoisotopic (exact) mass is 337 g/mol. The van der Waals surface area contributed by atoms with E-state index in [0.29, 0.717) is 24.5 Å². The Kier molecular flexibility index (Phi) is 6.84. The van der Waals surface area contributed by atoms with E-state index in [-0.39, 0.29) is 0 Å². The maximum absolute atomic E-state index is 4.72. The molecule has 1 aliphatic heterocycles. The minimum Gasteiger partial charge on any atom is -0.357 e. The predicted octanol–water partition coefficient (Wildman–Crippen LogP) is 2.49. The first-order chi connectivity index (χ1) is 11.0. The zero-order chi connectivity index (χ0) is 16.8. The Bertz CT molecular complexity index is 511. The maximum Gasteiger partial charge on any atom is 0.191 e. The highest BCUT2D eigenvalue weighted by atomic mass is 32.1. The average molecular weight is 338 g/mol. The number of rotatable bonds is 6. The van der Waals surface area contributed by atoms with Crippen LogP contribution < -0.4 is 10.6 Å². The van der Waals surface area contributed by atoms with Gasteiger partial charge in [0.15, 0.2) is 5.96 Å². The van der Waals surface area contributed by atoms with Crippen molar-refractivity contribution in [1.82, 2.24) is 20.5 Å². The molecule has 6 heteroatoms. The lowest BCUT2D eigenvalue weighted by molar-refractivity contribution is 0.265. The average Bonchev–Trinajstić information content (AvgIpc) is 3.12. The van der Waals surface area contributed by atoms with Crippen molar-refractivity contribution in [3.63, 3.8) is 0 Å². The summed E-state index contributed by atoms with van der Waals surface area (Å²) < 4.78 is 0. The Balaban J connectivity index is 1.96. The first-order valence-electron chi connectivity index (χ1n) is 8.75. The van der Waals surface area contributed by atoms with Gasteiger partial charge >= 0.3 is 0 Å². The predicted molar refractivity (Wildman–Crippen MR) is 99.1 cm³/mol. The van der Waals surface area contributed by atoms with E-state index in [1.54, 1.807) is 11.3 Å². The smallest absolute Gasteiger partial charge is 0.191 e. The molecular formula is C17H31N5S. The Labute approximate surface area is 144 Å². The van der Waals surface area contributed by atoms with Crippen molar-refractivity contribution < 1.29 is 0 Å². The van der Waals surface area contributed by atoms with E-state index >= 15 is 0 Å². The highest BCUT2D eigenvalue weighted by Gasteiger charge is 2.31. The summed E-state index contributed by atoms with van der Waals surface area (Å²) in [5, 5.41) is 8.06. The van der Waals surface area contributed by atoms with E-state index in [1.807, 2.05) is 6.20 Å². The Morgan fingerprint density at radius 1 is 1.43 bits per heavy atom. The number of aliphatic imine (C=N–C) groups is 1. The van der Waals surface area contributed by atoms with Crippen molar-refractivity contribution in [3.05, 3.63) is 16.1 Å². The number of aromatic nitrogens is 1. The second kappa shape index (κ2) is 8.64. The second-order valence-corrected chi connectivity index (χ2v) is 7.74. The minimum absolute atomic E-state index is 0.456. The molecule has 0 aliphatic carbocycles. The lowest BCUT2D eigenvalue weighted by Crippen LogP contribution is -2.46. The van der Waals surface area contributed by atoms with Crippen LogP contribution in [0.15, 0.2) is 11.2 Å². The van der Waals surface area contributed by atoms with Crippen LogP contribution in [0.5, 0.6) is 0 Å². The van der Waals surface area contributed by atoms with Gasteiger partial charge in [0.2, 0.25) is 0 Å². The molecule has 23 heavy (non-hydrogen) atoms. The van der Waals surface area contributed by atoms with Gasteiger partial charge in [-0.1, -0.05) is 13.8 Å². The molecule has 1 fully saturated rings. The van der Waals surface area contributed by atoms with E-state index in [0.717, 1.165) is 37.0 Å². The van der Waals surface area contributed by atoms with Gasteiger partial charge in [-0.3, -0.25) is 4.90 Å². The van der Waals surface area contributed by atoms with Crippen LogP contribution in [0.2, 0.25) is 0 Å². The number of hydrogen-bond acceptors (Lipinski definition) is 4. The van der Waals surface area contributed by atoms with Gasteiger partial charge in [0, 0.05) is 42.8 Å². The zero-order valence-electron chi connectivity index (χ0n) is 15.1. The van der Waals surface area contributed by atoms with Crippen molar-refractivity contribution in [3.8, 4) is 0 Å². The molecular weight excluding hydrogens is 306 g/mol. The summed E-state index contributed by atoms with van der Waals surface area (Å²) in [6.45, 7) is 14.9. The number of likely N-dealkylation sites (tertiary alicyclic amines) is 1. The first-order valence-corrected chi connectivity index (χ1v) is 9.57. The van der Waals surface area contributed by atoms with Crippen LogP contribution >= 0.6 is 11.3 Å². The minimum atomic E-state index is 0.456. The van der Waals surface area contributed by atoms with Crippen molar-refractivity contribution in [2.75, 3.05) is 19.6 Å². The third-order valence-electron chi connectivity index (χ3n) is 4.36. The number of thiazole rings is 1. The Hall–Kier alpha value is -1.14. The van der Waals surface area contributed by atoms with Crippen molar-refractivity contribution in [2.24, 2.45) is 10.9 Å². The lowest BCUT2D eigenvalue weighted by atomic mass is 10.1. The summed E-state index contributed by atoms with van der Waals surface area (Å²) in [7, 11) is 0. The largest absolute Gasteiger partial charge is 0.357 e. The molecule has 2 N–H and O–H groups in total. The molecule has 2 atom stereocenters. The van der Waals surface area contributed by atoms with Crippen LogP contribution in [0, 0.1) is 5.92 Å². The molecule has 2 unspecified atom stereocenters. The van der Waals surface area contributed by atoms with Gasteiger partial charge in [0.1, 0.15) is 5.01 Å². The fourth-order valence-corrected chi connectivity index (χ4v) is 3.63. The second-order valence-electron chi connectivity index (χ2n) is 6.54. The lowest BCUT2D eigenvalue weighted by Gasteiger charge is -2.21. The molecule has 130 valence electrons. The first kappa shape index (κ1) is 18.2. The highest BCUT2D eigenvalue weighted by molar-refractivity contribution is 7.11. The number of aryl methyl sites for hydroxylation is 1. The van der Waals surface area contributed by atoms with Gasteiger partial charge in [-0.25, -0.2) is 9.98 Å². The quantitative estimate of drug-likeness (QED) is 0.618. The topological polar surface area (TPSA) is 52.6 Å². The van der Waals surface area contributed by atoms with Gasteiger partial charge in [0.05, 0.1) is 6.54 Å². The van der Waals surface area contributed by atoms with Crippen molar-refractivity contribution in [1.29, 1.82) is 0 Å². The molecule has 0 bridgehead atoms. The molecule has 1 aliphatic rings. The SMILES string of the molecule is CCNC(=NCc1ncc(CC)s1)NC1CN(C(C)C)CC1C. The summed E-state index contributed by atoms with van der Waals surface area (Å²) in [5.41, 5.74) is 0. The van der Waals surface area contributed by atoms with E-state index in [2.05, 4.69) is 55.1 Å². The molecule has 0 radical (unpaired) electrons. The van der Waals surface area contributed by atoms with E-state index in [4.69, 9.17) is 4.99 Å². The molecule has 1 aromatic rings. The summed E-state index contributed by atoms with van der Waals surface area (Å²) in [6.07, 6.45) is 3.01. The number of nitrogens with zero attached hydrogens (tertiary/aromatic N) is 3. The Morgan fingerprint density at radius 3 is 2.78 bits per heavy atom. The van der Waals surface area contributed by atoms with Crippen LogP contribution in [0.3, 0.4) is 0 Å². The molecule has 2 heterocycles. The van der Waals surface area contributed by atoms with Gasteiger partial charge in [-0.15, -0.1) is 11.3 Å². The van der Waals surface area contributed by atoms with E-state index in [9.17, 15) is 0 Å². The van der Waals surface area contributed by atoms with Gasteiger partial charge < -0.3 is 10.6 Å². The van der Waals surface area contributed by atoms with E-state index < -0.39 is 0 Å². The van der Waals surface area contributed by atoms with Crippen LogP contribution in [0.1, 0.15) is 44.5 Å². The van der Waals surface area contributed by atoms with E-state index in [1.165, 1.54) is 4.88 Å². The van der Waals surface area contributed by atoms with Crippen LogP contribution in [-0.4, -0.2) is 47.6 Å². The Morgan fingerprint density at radius 2 is 2.22 bits per heavy atom. The summed E-state index contributed by atoms with van der Waals surface area (Å²) in [6, 6.07) is 1.06. The maximum atomic E-state index is 4.72.